The van der Waals surface area contributed by atoms with Gasteiger partial charge in [0, 0.05) is 50.8 Å². The molecule has 0 aliphatic rings. The molecule has 0 aliphatic heterocycles. The van der Waals surface area contributed by atoms with Crippen LogP contribution in [0.1, 0.15) is 5.56 Å². The molecule has 0 aliphatic carbocycles. The number of hydrogen-bond donors (Lipinski definition) is 0. The van der Waals surface area contributed by atoms with Crippen molar-refractivity contribution in [3.8, 4) is 39.7 Å². The van der Waals surface area contributed by atoms with E-state index in [2.05, 4.69) is 142 Å². The van der Waals surface area contributed by atoms with Gasteiger partial charge >= 0.3 is 0 Å². The molecule has 9 aromatic rings. The molecule has 9 rings (SSSR count). The summed E-state index contributed by atoms with van der Waals surface area (Å²) in [6.07, 6.45) is 3.54. The van der Waals surface area contributed by atoms with E-state index in [0.717, 1.165) is 55.4 Å². The molecule has 0 fully saturated rings. The zero-order valence-electron chi connectivity index (χ0n) is 24.8. The zero-order valence-corrected chi connectivity index (χ0v) is 24.8. The van der Waals surface area contributed by atoms with E-state index >= 15 is 0 Å². The average molecular weight is 587 g/mol. The van der Waals surface area contributed by atoms with Gasteiger partial charge in [0.25, 0.3) is 0 Å². The van der Waals surface area contributed by atoms with Gasteiger partial charge in [-0.3, -0.25) is 4.98 Å². The fourth-order valence-electron chi connectivity index (χ4n) is 7.05. The highest BCUT2D eigenvalue weighted by Crippen LogP contribution is 2.41. The van der Waals surface area contributed by atoms with Crippen LogP contribution in [0.5, 0.6) is 0 Å². The molecule has 0 spiro atoms. The maximum atomic E-state index is 10.4. The number of pyridine rings is 1. The number of nitrogens with zero attached hydrogens (tertiary/aromatic N) is 4. The van der Waals surface area contributed by atoms with Crippen molar-refractivity contribution in [1.29, 1.82) is 5.26 Å². The number of nitriles is 1. The zero-order chi connectivity index (χ0) is 30.6. The molecular formula is C42H26N4. The lowest BCUT2D eigenvalue weighted by Crippen LogP contribution is -2.00. The number of aromatic nitrogens is 3. The summed E-state index contributed by atoms with van der Waals surface area (Å²) in [5.41, 5.74) is 11.2. The van der Waals surface area contributed by atoms with Crippen LogP contribution in [0.3, 0.4) is 0 Å². The molecule has 46 heavy (non-hydrogen) atoms. The Labute approximate surface area is 265 Å². The Hall–Kier alpha value is -6.44. The van der Waals surface area contributed by atoms with Gasteiger partial charge < -0.3 is 9.13 Å². The first-order valence-corrected chi connectivity index (χ1v) is 15.4. The average Bonchev–Trinajstić information content (AvgIpc) is 3.64. The lowest BCUT2D eigenvalue weighted by Gasteiger charge is -2.17. The van der Waals surface area contributed by atoms with Gasteiger partial charge in [0.2, 0.25) is 0 Å². The molecule has 4 heteroatoms. The van der Waals surface area contributed by atoms with E-state index < -0.39 is 0 Å². The Morgan fingerprint density at radius 3 is 1.65 bits per heavy atom. The number of rotatable bonds is 4. The van der Waals surface area contributed by atoms with Crippen LogP contribution in [0.4, 0.5) is 0 Å². The maximum absolute atomic E-state index is 10.4. The Bertz CT molecular complexity index is 2580. The fourth-order valence-corrected chi connectivity index (χ4v) is 7.05. The topological polar surface area (TPSA) is 46.5 Å². The number of benzene rings is 6. The summed E-state index contributed by atoms with van der Waals surface area (Å²) in [6, 6.07) is 53.6. The quantitative estimate of drug-likeness (QED) is 0.206. The Morgan fingerprint density at radius 1 is 0.457 bits per heavy atom. The molecule has 0 atom stereocenters. The summed E-state index contributed by atoms with van der Waals surface area (Å²) < 4.78 is 4.68. The molecular weight excluding hydrogens is 560 g/mol. The smallest absolute Gasteiger partial charge is 0.0998 e. The van der Waals surface area contributed by atoms with E-state index in [4.69, 9.17) is 0 Å². The number of hydrogen-bond acceptors (Lipinski definition) is 2. The maximum Gasteiger partial charge on any atom is 0.0998 e. The molecule has 0 N–H and O–H groups in total. The van der Waals surface area contributed by atoms with E-state index in [1.54, 1.807) is 12.4 Å². The van der Waals surface area contributed by atoms with Crippen molar-refractivity contribution >= 4 is 43.6 Å². The van der Waals surface area contributed by atoms with E-state index in [9.17, 15) is 5.26 Å². The third-order valence-electron chi connectivity index (χ3n) is 9.07. The largest absolute Gasteiger partial charge is 0.309 e. The Morgan fingerprint density at radius 2 is 1.00 bits per heavy atom. The SMILES string of the molecule is N#Cc1cc(-n2c3ccccc3c3cc(-n4c5ccccc5c5ccccc54)ccc32)c(-c2ccccc2)cc1-c1ccncc1. The summed E-state index contributed by atoms with van der Waals surface area (Å²) in [4.78, 5) is 4.20. The highest BCUT2D eigenvalue weighted by atomic mass is 15.0. The van der Waals surface area contributed by atoms with Crippen LogP contribution in [0, 0.1) is 11.3 Å². The van der Waals surface area contributed by atoms with Crippen molar-refractivity contribution in [1.82, 2.24) is 14.1 Å². The van der Waals surface area contributed by atoms with E-state index in [0.29, 0.717) is 5.56 Å². The molecule has 3 heterocycles. The molecule has 0 saturated heterocycles. The molecule has 214 valence electrons. The lowest BCUT2D eigenvalue weighted by molar-refractivity contribution is 1.16. The predicted octanol–water partition coefficient (Wildman–Crippen LogP) is 10.5. The first kappa shape index (κ1) is 26.0. The van der Waals surface area contributed by atoms with Crippen molar-refractivity contribution in [3.63, 3.8) is 0 Å². The second-order valence-corrected chi connectivity index (χ2v) is 11.6. The fraction of sp³-hybridized carbons (Fsp3) is 0. The van der Waals surface area contributed by atoms with Gasteiger partial charge in [-0.25, -0.2) is 0 Å². The number of fused-ring (bicyclic) bond motifs is 6. The first-order chi connectivity index (χ1) is 22.8. The molecule has 0 bridgehead atoms. The van der Waals surface area contributed by atoms with Gasteiger partial charge in [-0.2, -0.15) is 5.26 Å². The van der Waals surface area contributed by atoms with Crippen LogP contribution in [0.2, 0.25) is 0 Å². The van der Waals surface area contributed by atoms with Crippen LogP contribution in [0.25, 0.3) is 77.2 Å². The molecule has 0 unspecified atom stereocenters. The Balaban J connectivity index is 1.36. The van der Waals surface area contributed by atoms with Gasteiger partial charge in [-0.05, 0) is 71.8 Å². The van der Waals surface area contributed by atoms with Gasteiger partial charge in [0.1, 0.15) is 0 Å². The van der Waals surface area contributed by atoms with Crippen molar-refractivity contribution in [3.05, 3.63) is 164 Å². The molecule has 0 radical (unpaired) electrons. The first-order valence-electron chi connectivity index (χ1n) is 15.4. The van der Waals surface area contributed by atoms with E-state index in [1.165, 1.54) is 21.8 Å². The molecule has 0 saturated carbocycles. The van der Waals surface area contributed by atoms with Crippen molar-refractivity contribution < 1.29 is 0 Å². The summed E-state index contributed by atoms with van der Waals surface area (Å²) in [5.74, 6) is 0. The molecule has 3 aromatic heterocycles. The molecule has 4 nitrogen and oxygen atoms in total. The predicted molar refractivity (Wildman–Crippen MR) is 189 cm³/mol. The van der Waals surface area contributed by atoms with Crippen molar-refractivity contribution in [2.45, 2.75) is 0 Å². The monoisotopic (exact) mass is 586 g/mol. The van der Waals surface area contributed by atoms with E-state index in [1.807, 2.05) is 24.3 Å². The molecule has 6 aromatic carbocycles. The summed E-state index contributed by atoms with van der Waals surface area (Å²) in [6.45, 7) is 0. The summed E-state index contributed by atoms with van der Waals surface area (Å²) >= 11 is 0. The highest BCUT2D eigenvalue weighted by molar-refractivity contribution is 6.12. The van der Waals surface area contributed by atoms with Gasteiger partial charge in [0.05, 0.1) is 39.4 Å². The number of para-hydroxylation sites is 3. The normalized spacial score (nSPS) is 11.5. The minimum absolute atomic E-state index is 0.619. The van der Waals surface area contributed by atoms with Crippen LogP contribution < -0.4 is 0 Å². The van der Waals surface area contributed by atoms with Crippen molar-refractivity contribution in [2.24, 2.45) is 0 Å². The summed E-state index contributed by atoms with van der Waals surface area (Å²) in [7, 11) is 0. The minimum Gasteiger partial charge on any atom is -0.309 e. The van der Waals surface area contributed by atoms with Gasteiger partial charge in [-0.1, -0.05) is 84.9 Å². The standard InChI is InChI=1S/C42H26N4/c43-27-30-24-42(36(28-10-2-1-3-11-28)26-35(30)29-20-22-44-23-21-29)46-40-17-9-6-14-34(40)37-25-31(18-19-41(37)46)45-38-15-7-4-12-32(38)33-13-5-8-16-39(33)45/h1-26H. The van der Waals surface area contributed by atoms with Gasteiger partial charge in [-0.15, -0.1) is 0 Å². The van der Waals surface area contributed by atoms with Crippen LogP contribution >= 0.6 is 0 Å². The highest BCUT2D eigenvalue weighted by Gasteiger charge is 2.20. The molecule has 0 amide bonds. The van der Waals surface area contributed by atoms with E-state index in [-0.39, 0.29) is 0 Å². The third-order valence-corrected chi connectivity index (χ3v) is 9.07. The second kappa shape index (κ2) is 10.3. The third kappa shape index (κ3) is 3.89. The van der Waals surface area contributed by atoms with Gasteiger partial charge in [0.15, 0.2) is 0 Å². The van der Waals surface area contributed by atoms with Crippen LogP contribution in [0.15, 0.2) is 158 Å². The summed E-state index contributed by atoms with van der Waals surface area (Å²) in [5, 5.41) is 15.2. The lowest BCUT2D eigenvalue weighted by atomic mass is 9.93. The Kier molecular flexibility index (Phi) is 5.84. The minimum atomic E-state index is 0.619. The second-order valence-electron chi connectivity index (χ2n) is 11.6. The van der Waals surface area contributed by atoms with Crippen LogP contribution in [-0.4, -0.2) is 14.1 Å². The van der Waals surface area contributed by atoms with Crippen molar-refractivity contribution in [2.75, 3.05) is 0 Å². The van der Waals surface area contributed by atoms with Crippen LogP contribution in [-0.2, 0) is 0 Å².